The zero-order chi connectivity index (χ0) is 24.9. The Morgan fingerprint density at radius 1 is 1.15 bits per heavy atom. The van der Waals surface area contributed by atoms with Gasteiger partial charge in [0.1, 0.15) is 17.4 Å². The van der Waals surface area contributed by atoms with Crippen LogP contribution >= 0.6 is 0 Å². The van der Waals surface area contributed by atoms with Gasteiger partial charge < -0.3 is 14.8 Å². The summed E-state index contributed by atoms with van der Waals surface area (Å²) in [7, 11) is 0. The molecule has 34 heavy (non-hydrogen) atoms. The van der Waals surface area contributed by atoms with Crippen molar-refractivity contribution in [1.29, 1.82) is 5.26 Å². The standard InChI is InChI=1S/C28H33N3O3/c1-18(2)15-25-23(17-30-27(32)34-28(4,5)6)26(20-9-7-19(3)8-10-20)22-16-21(33-14-13-29)11-12-24(22)31-25/h7-12,16,18H,14-15,17H2,1-6H3,(H,30,32). The number of hydrogen-bond donors (Lipinski definition) is 1. The summed E-state index contributed by atoms with van der Waals surface area (Å²) < 4.78 is 11.1. The van der Waals surface area contributed by atoms with Gasteiger partial charge in [-0.2, -0.15) is 5.26 Å². The van der Waals surface area contributed by atoms with Gasteiger partial charge >= 0.3 is 6.09 Å². The van der Waals surface area contributed by atoms with E-state index in [2.05, 4.69) is 50.4 Å². The SMILES string of the molecule is Cc1ccc(-c2c(CNC(=O)OC(C)(C)C)c(CC(C)C)nc3ccc(OCC#N)cc23)cc1. The molecule has 1 amide bonds. The smallest absolute Gasteiger partial charge is 0.407 e. The molecule has 0 radical (unpaired) electrons. The number of amides is 1. The van der Waals surface area contributed by atoms with Crippen molar-refractivity contribution in [1.82, 2.24) is 10.3 Å². The normalized spacial score (nSPS) is 11.4. The molecule has 0 saturated carbocycles. The monoisotopic (exact) mass is 459 g/mol. The van der Waals surface area contributed by atoms with E-state index in [9.17, 15) is 4.79 Å². The van der Waals surface area contributed by atoms with Crippen LogP contribution in [-0.2, 0) is 17.7 Å². The van der Waals surface area contributed by atoms with Crippen molar-refractivity contribution in [2.24, 2.45) is 5.92 Å². The largest absolute Gasteiger partial charge is 0.479 e. The number of carbonyl (C=O) groups is 1. The number of fused-ring (bicyclic) bond motifs is 1. The van der Waals surface area contributed by atoms with Crippen LogP contribution in [0.2, 0.25) is 0 Å². The second-order valence-corrected chi connectivity index (χ2v) is 9.86. The van der Waals surface area contributed by atoms with Gasteiger partial charge in [0.05, 0.1) is 5.52 Å². The van der Waals surface area contributed by atoms with Crippen LogP contribution in [0.4, 0.5) is 4.79 Å². The number of rotatable bonds is 7. The van der Waals surface area contributed by atoms with Gasteiger partial charge in [0.25, 0.3) is 0 Å². The minimum atomic E-state index is -0.584. The molecule has 0 spiro atoms. The Bertz CT molecular complexity index is 1200. The Morgan fingerprint density at radius 2 is 1.85 bits per heavy atom. The zero-order valence-electron chi connectivity index (χ0n) is 20.9. The first-order valence-electron chi connectivity index (χ1n) is 11.6. The lowest BCUT2D eigenvalue weighted by atomic mass is 9.91. The molecule has 0 atom stereocenters. The Labute approximate surface area is 201 Å². The first-order valence-corrected chi connectivity index (χ1v) is 11.6. The van der Waals surface area contributed by atoms with E-state index in [0.29, 0.717) is 11.7 Å². The lowest BCUT2D eigenvalue weighted by Crippen LogP contribution is -2.32. The maximum absolute atomic E-state index is 12.5. The Hall–Kier alpha value is -3.59. The van der Waals surface area contributed by atoms with E-state index >= 15 is 0 Å². The molecule has 0 aliphatic heterocycles. The van der Waals surface area contributed by atoms with Gasteiger partial charge in [-0.3, -0.25) is 4.98 Å². The summed E-state index contributed by atoms with van der Waals surface area (Å²) in [6, 6.07) is 16.0. The molecule has 0 aliphatic rings. The van der Waals surface area contributed by atoms with Gasteiger partial charge in [-0.05, 0) is 69.4 Å². The average molecular weight is 460 g/mol. The Balaban J connectivity index is 2.20. The predicted octanol–water partition coefficient (Wildman–Crippen LogP) is 6.34. The number of nitrogens with one attached hydrogen (secondary N) is 1. The molecule has 1 heterocycles. The number of nitriles is 1. The molecule has 178 valence electrons. The average Bonchev–Trinajstić information content (AvgIpc) is 2.75. The maximum atomic E-state index is 12.5. The van der Waals surface area contributed by atoms with Gasteiger partial charge in [0, 0.05) is 23.2 Å². The van der Waals surface area contributed by atoms with E-state index in [0.717, 1.165) is 45.3 Å². The van der Waals surface area contributed by atoms with Crippen LogP contribution in [0.3, 0.4) is 0 Å². The second-order valence-electron chi connectivity index (χ2n) is 9.86. The maximum Gasteiger partial charge on any atom is 0.407 e. The molecule has 6 heteroatoms. The highest BCUT2D eigenvalue weighted by atomic mass is 16.6. The number of hydrogen-bond acceptors (Lipinski definition) is 5. The highest BCUT2D eigenvalue weighted by Crippen LogP contribution is 2.36. The highest BCUT2D eigenvalue weighted by Gasteiger charge is 2.21. The third-order valence-corrected chi connectivity index (χ3v) is 5.20. The third-order valence-electron chi connectivity index (χ3n) is 5.20. The fraction of sp³-hybridized carbons (Fsp3) is 0.393. The van der Waals surface area contributed by atoms with Crippen LogP contribution in [0.5, 0.6) is 5.75 Å². The first-order chi connectivity index (χ1) is 16.1. The summed E-state index contributed by atoms with van der Waals surface area (Å²) in [4.78, 5) is 17.5. The van der Waals surface area contributed by atoms with Gasteiger partial charge in [0.15, 0.2) is 6.61 Å². The second kappa shape index (κ2) is 10.6. The quantitative estimate of drug-likeness (QED) is 0.446. The van der Waals surface area contributed by atoms with Crippen molar-refractivity contribution in [3.05, 3.63) is 59.3 Å². The lowest BCUT2D eigenvalue weighted by molar-refractivity contribution is 0.0523. The molecule has 1 aromatic heterocycles. The van der Waals surface area contributed by atoms with Gasteiger partial charge in [-0.25, -0.2) is 4.79 Å². The molecule has 3 rings (SSSR count). The third kappa shape index (κ3) is 6.48. The number of pyridine rings is 1. The van der Waals surface area contributed by atoms with Crippen LogP contribution in [-0.4, -0.2) is 23.3 Å². The molecule has 0 unspecified atom stereocenters. The summed E-state index contributed by atoms with van der Waals surface area (Å²) in [6.07, 6.45) is 0.302. The molecule has 0 bridgehead atoms. The minimum absolute atomic E-state index is 0.0305. The van der Waals surface area contributed by atoms with Gasteiger partial charge in [-0.1, -0.05) is 43.7 Å². The van der Waals surface area contributed by atoms with Crippen molar-refractivity contribution in [3.63, 3.8) is 0 Å². The minimum Gasteiger partial charge on any atom is -0.479 e. The number of alkyl carbamates (subject to hydrolysis) is 1. The van der Waals surface area contributed by atoms with Crippen LogP contribution in [0.1, 0.15) is 51.4 Å². The topological polar surface area (TPSA) is 84.2 Å². The predicted molar refractivity (Wildman–Crippen MR) is 135 cm³/mol. The number of carbonyl (C=O) groups excluding carboxylic acids is 1. The molecular formula is C28H33N3O3. The zero-order valence-corrected chi connectivity index (χ0v) is 20.9. The summed E-state index contributed by atoms with van der Waals surface area (Å²) >= 11 is 0. The summed E-state index contributed by atoms with van der Waals surface area (Å²) in [5.74, 6) is 0.987. The van der Waals surface area contributed by atoms with E-state index in [4.69, 9.17) is 19.7 Å². The molecule has 0 aliphatic carbocycles. The number of nitrogens with zero attached hydrogens (tertiary/aromatic N) is 2. The van der Waals surface area contributed by atoms with Gasteiger partial charge in [-0.15, -0.1) is 0 Å². The molecule has 6 nitrogen and oxygen atoms in total. The summed E-state index contributed by atoms with van der Waals surface area (Å²) in [6.45, 7) is 12.1. The van der Waals surface area contributed by atoms with Crippen molar-refractivity contribution >= 4 is 17.0 Å². The van der Waals surface area contributed by atoms with Crippen molar-refractivity contribution in [2.45, 2.75) is 60.1 Å². The molecule has 3 aromatic rings. The Morgan fingerprint density at radius 3 is 2.47 bits per heavy atom. The lowest BCUT2D eigenvalue weighted by Gasteiger charge is -2.22. The van der Waals surface area contributed by atoms with Crippen LogP contribution in [0.25, 0.3) is 22.0 Å². The fourth-order valence-corrected chi connectivity index (χ4v) is 3.81. The number of aryl methyl sites for hydroxylation is 1. The molecular weight excluding hydrogens is 426 g/mol. The van der Waals surface area contributed by atoms with Crippen LogP contribution in [0, 0.1) is 24.2 Å². The van der Waals surface area contributed by atoms with Crippen LogP contribution < -0.4 is 10.1 Å². The van der Waals surface area contributed by atoms with E-state index in [-0.39, 0.29) is 13.2 Å². The molecule has 0 saturated heterocycles. The van der Waals surface area contributed by atoms with E-state index in [1.165, 1.54) is 0 Å². The van der Waals surface area contributed by atoms with Crippen molar-refractivity contribution < 1.29 is 14.3 Å². The number of benzene rings is 2. The molecule has 0 fully saturated rings. The van der Waals surface area contributed by atoms with E-state index in [1.54, 1.807) is 0 Å². The summed E-state index contributed by atoms with van der Waals surface area (Å²) in [5, 5.41) is 12.8. The van der Waals surface area contributed by atoms with Crippen molar-refractivity contribution in [3.8, 4) is 22.9 Å². The van der Waals surface area contributed by atoms with Crippen molar-refractivity contribution in [2.75, 3.05) is 6.61 Å². The first kappa shape index (κ1) is 25.0. The van der Waals surface area contributed by atoms with Crippen LogP contribution in [0.15, 0.2) is 42.5 Å². The van der Waals surface area contributed by atoms with E-state index in [1.807, 2.05) is 45.0 Å². The molecule has 2 aromatic carbocycles. The van der Waals surface area contributed by atoms with E-state index < -0.39 is 11.7 Å². The molecule has 1 N–H and O–H groups in total. The number of ether oxygens (including phenoxy) is 2. The Kier molecular flexibility index (Phi) is 7.78. The van der Waals surface area contributed by atoms with Gasteiger partial charge in [0.2, 0.25) is 0 Å². The summed E-state index contributed by atoms with van der Waals surface area (Å²) in [5.41, 5.74) is 5.35. The highest BCUT2D eigenvalue weighted by molar-refractivity contribution is 5.97. The fourth-order valence-electron chi connectivity index (χ4n) is 3.81. The number of aromatic nitrogens is 1.